The molecule has 7 heteroatoms. The predicted octanol–water partition coefficient (Wildman–Crippen LogP) is 3.20. The molecule has 0 atom stereocenters. The Balaban J connectivity index is 1.48. The average Bonchev–Trinajstić information content (AvgIpc) is 3.04. The van der Waals surface area contributed by atoms with Gasteiger partial charge in [-0.1, -0.05) is 6.42 Å². The molecule has 5 nitrogen and oxygen atoms in total. The molecule has 3 rings (SSSR count). The molecular formula is C16H19BrN4OS. The third kappa shape index (κ3) is 4.51. The lowest BCUT2D eigenvalue weighted by Crippen LogP contribution is -2.24. The topological polar surface area (TPSA) is 59.8 Å². The Morgan fingerprint density at radius 1 is 1.35 bits per heavy atom. The molecule has 0 spiro atoms. The smallest absolute Gasteiger partial charge is 0.244 e. The second-order valence-electron chi connectivity index (χ2n) is 5.51. The molecule has 0 aromatic carbocycles. The highest BCUT2D eigenvalue weighted by atomic mass is 79.9. The molecule has 1 aliphatic heterocycles. The van der Waals surface area contributed by atoms with Gasteiger partial charge in [-0.3, -0.25) is 4.79 Å². The number of hydrogen-bond acceptors (Lipinski definition) is 4. The average molecular weight is 395 g/mol. The Hall–Kier alpha value is -1.47. The number of carbonyl (C=O) groups is 1. The summed E-state index contributed by atoms with van der Waals surface area (Å²) in [7, 11) is 0. The van der Waals surface area contributed by atoms with Crippen molar-refractivity contribution in [2.24, 2.45) is 0 Å². The summed E-state index contributed by atoms with van der Waals surface area (Å²) in [5.74, 6) is 1.99. The van der Waals surface area contributed by atoms with Crippen molar-refractivity contribution >= 4 is 39.2 Å². The van der Waals surface area contributed by atoms with Gasteiger partial charge in [0, 0.05) is 36.9 Å². The van der Waals surface area contributed by atoms with E-state index in [0.29, 0.717) is 6.54 Å². The third-order valence-corrected chi connectivity index (χ3v) is 5.42. The van der Waals surface area contributed by atoms with Crippen LogP contribution in [0.3, 0.4) is 0 Å². The van der Waals surface area contributed by atoms with E-state index in [1.54, 1.807) is 17.4 Å². The highest BCUT2D eigenvalue weighted by Crippen LogP contribution is 2.22. The summed E-state index contributed by atoms with van der Waals surface area (Å²) in [6.07, 6.45) is 8.76. The van der Waals surface area contributed by atoms with Crippen LogP contribution in [0.25, 0.3) is 6.08 Å². The van der Waals surface area contributed by atoms with E-state index < -0.39 is 0 Å². The summed E-state index contributed by atoms with van der Waals surface area (Å²) >= 11 is 5.00. The molecule has 3 heterocycles. The maximum absolute atomic E-state index is 11.8. The lowest BCUT2D eigenvalue weighted by Gasteiger charge is -2.07. The van der Waals surface area contributed by atoms with Gasteiger partial charge in [0.25, 0.3) is 0 Å². The van der Waals surface area contributed by atoms with Crippen LogP contribution in [-0.2, 0) is 24.2 Å². The van der Waals surface area contributed by atoms with E-state index >= 15 is 0 Å². The molecule has 0 radical (unpaired) electrons. The van der Waals surface area contributed by atoms with Crippen molar-refractivity contribution in [3.05, 3.63) is 38.5 Å². The van der Waals surface area contributed by atoms with Crippen molar-refractivity contribution in [3.8, 4) is 0 Å². The summed E-state index contributed by atoms with van der Waals surface area (Å²) in [6.45, 7) is 1.58. The highest BCUT2D eigenvalue weighted by molar-refractivity contribution is 9.11. The van der Waals surface area contributed by atoms with Crippen LogP contribution in [0.5, 0.6) is 0 Å². The van der Waals surface area contributed by atoms with E-state index in [4.69, 9.17) is 0 Å². The predicted molar refractivity (Wildman–Crippen MR) is 95.3 cm³/mol. The van der Waals surface area contributed by atoms with Gasteiger partial charge in [0.1, 0.15) is 11.6 Å². The number of nitrogens with one attached hydrogen (secondary N) is 1. The van der Waals surface area contributed by atoms with E-state index in [-0.39, 0.29) is 5.91 Å². The minimum Gasteiger partial charge on any atom is -0.352 e. The minimum absolute atomic E-state index is 0.0786. The number of carbonyl (C=O) groups excluding carboxylic acids is 1. The van der Waals surface area contributed by atoms with Crippen LogP contribution in [0.1, 0.15) is 35.8 Å². The summed E-state index contributed by atoms with van der Waals surface area (Å²) in [5, 5.41) is 11.5. The lowest BCUT2D eigenvalue weighted by atomic mass is 10.2. The van der Waals surface area contributed by atoms with Gasteiger partial charge >= 0.3 is 0 Å². The zero-order chi connectivity index (χ0) is 16.1. The number of halogens is 1. The molecule has 0 aliphatic carbocycles. The zero-order valence-electron chi connectivity index (χ0n) is 12.8. The summed E-state index contributed by atoms with van der Waals surface area (Å²) in [6, 6.07) is 3.95. The van der Waals surface area contributed by atoms with E-state index in [0.717, 1.165) is 39.7 Å². The van der Waals surface area contributed by atoms with Crippen molar-refractivity contribution in [1.82, 2.24) is 20.1 Å². The van der Waals surface area contributed by atoms with E-state index in [2.05, 4.69) is 36.0 Å². The van der Waals surface area contributed by atoms with Gasteiger partial charge in [-0.25, -0.2) is 0 Å². The van der Waals surface area contributed by atoms with Gasteiger partial charge in [0.15, 0.2) is 0 Å². The zero-order valence-corrected chi connectivity index (χ0v) is 15.2. The first-order valence-corrected chi connectivity index (χ1v) is 9.45. The van der Waals surface area contributed by atoms with Crippen LogP contribution < -0.4 is 5.32 Å². The highest BCUT2D eigenvalue weighted by Gasteiger charge is 2.14. The second-order valence-corrected chi connectivity index (χ2v) is 8.01. The van der Waals surface area contributed by atoms with Crippen molar-refractivity contribution in [1.29, 1.82) is 0 Å². The van der Waals surface area contributed by atoms with Crippen LogP contribution >= 0.6 is 27.3 Å². The molecule has 0 fully saturated rings. The van der Waals surface area contributed by atoms with Gasteiger partial charge in [-0.05, 0) is 47.0 Å². The first-order valence-electron chi connectivity index (χ1n) is 7.84. The Bertz CT molecular complexity index is 707. The van der Waals surface area contributed by atoms with E-state index in [9.17, 15) is 4.79 Å². The van der Waals surface area contributed by atoms with Crippen molar-refractivity contribution in [2.75, 3.05) is 6.54 Å². The van der Waals surface area contributed by atoms with Crippen molar-refractivity contribution < 1.29 is 4.79 Å². The number of aryl methyl sites for hydroxylation is 1. The van der Waals surface area contributed by atoms with Crippen molar-refractivity contribution in [3.63, 3.8) is 0 Å². The molecule has 2 aromatic heterocycles. The van der Waals surface area contributed by atoms with Crippen LogP contribution in [0, 0.1) is 0 Å². The van der Waals surface area contributed by atoms with E-state index in [1.807, 2.05) is 18.2 Å². The number of amides is 1. The Morgan fingerprint density at radius 3 is 3.09 bits per heavy atom. The second kappa shape index (κ2) is 7.88. The summed E-state index contributed by atoms with van der Waals surface area (Å²) < 4.78 is 3.28. The minimum atomic E-state index is -0.0786. The number of aromatic nitrogens is 3. The molecule has 0 bridgehead atoms. The molecule has 0 unspecified atom stereocenters. The maximum Gasteiger partial charge on any atom is 0.244 e. The van der Waals surface area contributed by atoms with Crippen LogP contribution in [0.2, 0.25) is 0 Å². The Kier molecular flexibility index (Phi) is 5.61. The van der Waals surface area contributed by atoms with Gasteiger partial charge in [-0.2, -0.15) is 0 Å². The lowest BCUT2D eigenvalue weighted by molar-refractivity contribution is -0.116. The van der Waals surface area contributed by atoms with Gasteiger partial charge in [0.05, 0.1) is 3.79 Å². The molecule has 1 N–H and O–H groups in total. The molecular weight excluding hydrogens is 376 g/mol. The largest absolute Gasteiger partial charge is 0.352 e. The normalized spacial score (nSPS) is 14.7. The quantitative estimate of drug-likeness (QED) is 0.791. The molecule has 0 saturated heterocycles. The number of rotatable bonds is 5. The summed E-state index contributed by atoms with van der Waals surface area (Å²) in [4.78, 5) is 12.9. The number of nitrogens with zero attached hydrogens (tertiary/aromatic N) is 3. The van der Waals surface area contributed by atoms with Crippen LogP contribution in [-0.4, -0.2) is 27.2 Å². The third-order valence-electron chi connectivity index (χ3n) is 3.83. The number of hydrogen-bond donors (Lipinski definition) is 1. The first kappa shape index (κ1) is 16.4. The van der Waals surface area contributed by atoms with Crippen molar-refractivity contribution in [2.45, 2.75) is 38.6 Å². The molecule has 122 valence electrons. The van der Waals surface area contributed by atoms with Gasteiger partial charge in [-0.15, -0.1) is 21.5 Å². The monoisotopic (exact) mass is 394 g/mol. The number of thiophene rings is 1. The fourth-order valence-electron chi connectivity index (χ4n) is 2.66. The molecule has 1 amide bonds. The molecule has 0 saturated carbocycles. The first-order chi connectivity index (χ1) is 11.2. The van der Waals surface area contributed by atoms with Gasteiger partial charge in [0.2, 0.25) is 5.91 Å². The standard InChI is InChI=1S/C16H19BrN4OS/c17-13-7-5-12(23-13)6-8-16(22)18-10-9-15-20-19-14-4-2-1-3-11-21(14)15/h5-8H,1-4,9-11H2,(H,18,22)/b8-6+. The van der Waals surface area contributed by atoms with E-state index in [1.165, 1.54) is 19.3 Å². The van der Waals surface area contributed by atoms with Crippen LogP contribution in [0.15, 0.2) is 22.0 Å². The SMILES string of the molecule is O=C(/C=C/c1ccc(Br)s1)NCCc1nnc2n1CCCCC2. The molecule has 23 heavy (non-hydrogen) atoms. The van der Waals surface area contributed by atoms with Crippen LogP contribution in [0.4, 0.5) is 0 Å². The fraction of sp³-hybridized carbons (Fsp3) is 0.438. The molecule has 1 aliphatic rings. The Labute approximate surface area is 147 Å². The van der Waals surface area contributed by atoms with Gasteiger partial charge < -0.3 is 9.88 Å². The fourth-order valence-corrected chi connectivity index (χ4v) is 3.99. The summed E-state index contributed by atoms with van der Waals surface area (Å²) in [5.41, 5.74) is 0. The number of fused-ring (bicyclic) bond motifs is 1. The maximum atomic E-state index is 11.8. The Morgan fingerprint density at radius 2 is 2.26 bits per heavy atom. The molecule has 2 aromatic rings.